The average molecular weight is 246 g/mol. The first-order chi connectivity index (χ1) is 9.25. The van der Waals surface area contributed by atoms with E-state index in [9.17, 15) is 0 Å². The number of hydrogen-bond acceptors (Lipinski definition) is 0. The lowest BCUT2D eigenvalue weighted by molar-refractivity contribution is 0.729. The van der Waals surface area contributed by atoms with Gasteiger partial charge in [0.2, 0.25) is 0 Å². The smallest absolute Gasteiger partial charge is 0.0348 e. The van der Waals surface area contributed by atoms with Crippen molar-refractivity contribution < 1.29 is 0 Å². The van der Waals surface area contributed by atoms with Crippen molar-refractivity contribution in [3.05, 3.63) is 82.0 Å². The first kappa shape index (κ1) is 11.0. The molecule has 0 heterocycles. The van der Waals surface area contributed by atoms with Gasteiger partial charge in [0.1, 0.15) is 0 Å². The molecule has 1 unspecified atom stereocenters. The van der Waals surface area contributed by atoms with Crippen LogP contribution in [0.2, 0.25) is 0 Å². The van der Waals surface area contributed by atoms with E-state index in [0.717, 1.165) is 6.42 Å². The van der Waals surface area contributed by atoms with E-state index in [1.54, 1.807) is 11.1 Å². The molecule has 0 radical (unpaired) electrons. The summed E-state index contributed by atoms with van der Waals surface area (Å²) in [4.78, 5) is 0. The summed E-state index contributed by atoms with van der Waals surface area (Å²) in [6, 6.07) is 0. The van der Waals surface area contributed by atoms with E-state index in [4.69, 9.17) is 0 Å². The monoisotopic (exact) mass is 246 g/mol. The molecule has 0 saturated heterocycles. The molecule has 0 amide bonds. The minimum absolute atomic E-state index is 0.493. The van der Waals surface area contributed by atoms with Crippen LogP contribution in [0.5, 0.6) is 0 Å². The second-order valence-corrected chi connectivity index (χ2v) is 6.00. The Balaban J connectivity index is 2.01. The Bertz CT molecular complexity index is 667. The van der Waals surface area contributed by atoms with Gasteiger partial charge in [-0.25, -0.2) is 0 Å². The second-order valence-electron chi connectivity index (χ2n) is 6.00. The highest BCUT2D eigenvalue weighted by Crippen LogP contribution is 2.49. The first-order valence-corrected chi connectivity index (χ1v) is 7.18. The van der Waals surface area contributed by atoms with Gasteiger partial charge in [0, 0.05) is 5.92 Å². The second kappa shape index (κ2) is 3.84. The van der Waals surface area contributed by atoms with Gasteiger partial charge in [0.25, 0.3) is 0 Å². The Kier molecular flexibility index (Phi) is 2.23. The van der Waals surface area contributed by atoms with Crippen molar-refractivity contribution in [1.82, 2.24) is 0 Å². The predicted molar refractivity (Wildman–Crippen MR) is 80.6 cm³/mol. The van der Waals surface area contributed by atoms with Crippen molar-refractivity contribution in [3.8, 4) is 0 Å². The standard InChI is InChI=1S/C19H18/c1-12(2)17-11-15-7-3-5-13-9-10-14-6-4-8-16(17)19(14)18(13)15/h3-7,9-12,18H,8H2,1-2H3. The maximum absolute atomic E-state index is 2.44. The van der Waals surface area contributed by atoms with Crippen LogP contribution in [0.4, 0.5) is 0 Å². The molecule has 0 aliphatic heterocycles. The fraction of sp³-hybridized carbons (Fsp3) is 0.263. The Morgan fingerprint density at radius 2 is 1.95 bits per heavy atom. The van der Waals surface area contributed by atoms with Gasteiger partial charge in [-0.3, -0.25) is 0 Å². The third-order valence-electron chi connectivity index (χ3n) is 4.54. The maximum atomic E-state index is 2.44. The zero-order valence-corrected chi connectivity index (χ0v) is 11.5. The van der Waals surface area contributed by atoms with Crippen molar-refractivity contribution in [3.63, 3.8) is 0 Å². The fourth-order valence-electron chi connectivity index (χ4n) is 3.68. The minimum atomic E-state index is 0.493. The summed E-state index contributed by atoms with van der Waals surface area (Å²) < 4.78 is 0. The molecular formula is C19H18. The van der Waals surface area contributed by atoms with Crippen molar-refractivity contribution in [1.29, 1.82) is 0 Å². The Labute approximate surface area is 114 Å². The molecule has 0 N–H and O–H groups in total. The van der Waals surface area contributed by atoms with E-state index in [-0.39, 0.29) is 0 Å². The van der Waals surface area contributed by atoms with E-state index in [1.165, 1.54) is 22.3 Å². The fourth-order valence-corrected chi connectivity index (χ4v) is 3.68. The molecule has 19 heavy (non-hydrogen) atoms. The van der Waals surface area contributed by atoms with Crippen molar-refractivity contribution in [2.75, 3.05) is 0 Å². The number of allylic oxidation sites excluding steroid dienone is 14. The summed E-state index contributed by atoms with van der Waals surface area (Å²) in [5.41, 5.74) is 9.01. The van der Waals surface area contributed by atoms with Gasteiger partial charge in [0.05, 0.1) is 0 Å². The summed E-state index contributed by atoms with van der Waals surface area (Å²) in [5, 5.41) is 0. The highest BCUT2D eigenvalue weighted by atomic mass is 14.4. The van der Waals surface area contributed by atoms with Crippen LogP contribution in [0, 0.1) is 11.8 Å². The van der Waals surface area contributed by atoms with Crippen LogP contribution in [0.1, 0.15) is 20.3 Å². The zero-order valence-electron chi connectivity index (χ0n) is 11.5. The molecule has 94 valence electrons. The molecule has 0 aromatic heterocycles. The minimum Gasteiger partial charge on any atom is -0.0795 e. The molecule has 4 rings (SSSR count). The lowest BCUT2D eigenvalue weighted by Gasteiger charge is -2.38. The number of hydrogen-bond donors (Lipinski definition) is 0. The van der Waals surface area contributed by atoms with Gasteiger partial charge in [-0.2, -0.15) is 0 Å². The molecular weight excluding hydrogens is 228 g/mol. The van der Waals surface area contributed by atoms with Crippen LogP contribution in [0.25, 0.3) is 0 Å². The molecule has 0 nitrogen and oxygen atoms in total. The summed E-state index contributed by atoms with van der Waals surface area (Å²) in [6.45, 7) is 4.61. The van der Waals surface area contributed by atoms with Crippen LogP contribution in [-0.4, -0.2) is 0 Å². The lowest BCUT2D eigenvalue weighted by atomic mass is 9.66. The molecule has 4 aliphatic rings. The zero-order chi connectivity index (χ0) is 13.0. The Morgan fingerprint density at radius 3 is 2.79 bits per heavy atom. The lowest BCUT2D eigenvalue weighted by Crippen LogP contribution is -2.23. The van der Waals surface area contributed by atoms with Crippen molar-refractivity contribution in [2.45, 2.75) is 20.3 Å². The SMILES string of the molecule is CC(C)C1=CC2=CC=CC3=CC=C4C=CCC1=C4C32. The van der Waals surface area contributed by atoms with Crippen LogP contribution >= 0.6 is 0 Å². The third kappa shape index (κ3) is 1.46. The van der Waals surface area contributed by atoms with Crippen LogP contribution in [-0.2, 0) is 0 Å². The highest BCUT2D eigenvalue weighted by molar-refractivity contribution is 5.69. The first-order valence-electron chi connectivity index (χ1n) is 7.18. The van der Waals surface area contributed by atoms with E-state index in [1.807, 2.05) is 0 Å². The van der Waals surface area contributed by atoms with E-state index < -0.39 is 0 Å². The van der Waals surface area contributed by atoms with Crippen molar-refractivity contribution >= 4 is 0 Å². The van der Waals surface area contributed by atoms with E-state index in [2.05, 4.69) is 62.5 Å². The highest BCUT2D eigenvalue weighted by Gasteiger charge is 2.34. The molecule has 0 saturated carbocycles. The molecule has 0 aromatic rings. The third-order valence-corrected chi connectivity index (χ3v) is 4.54. The van der Waals surface area contributed by atoms with E-state index in [0.29, 0.717) is 11.8 Å². The van der Waals surface area contributed by atoms with Gasteiger partial charge in [-0.1, -0.05) is 62.5 Å². The van der Waals surface area contributed by atoms with Gasteiger partial charge in [-0.15, -0.1) is 0 Å². The Morgan fingerprint density at radius 1 is 1.05 bits per heavy atom. The summed E-state index contributed by atoms with van der Waals surface area (Å²) in [6.07, 6.45) is 19.5. The van der Waals surface area contributed by atoms with Gasteiger partial charge < -0.3 is 0 Å². The van der Waals surface area contributed by atoms with Crippen molar-refractivity contribution in [2.24, 2.45) is 11.8 Å². The molecule has 0 heteroatoms. The molecule has 0 spiro atoms. The normalized spacial score (nSPS) is 26.8. The number of rotatable bonds is 1. The largest absolute Gasteiger partial charge is 0.0795 e. The Hall–Kier alpha value is -1.82. The van der Waals surface area contributed by atoms with Gasteiger partial charge >= 0.3 is 0 Å². The van der Waals surface area contributed by atoms with Crippen LogP contribution in [0.3, 0.4) is 0 Å². The molecule has 0 bridgehead atoms. The van der Waals surface area contributed by atoms with E-state index >= 15 is 0 Å². The maximum Gasteiger partial charge on any atom is 0.0348 e. The molecule has 0 aromatic carbocycles. The topological polar surface area (TPSA) is 0 Å². The summed E-state index contributed by atoms with van der Waals surface area (Å²) in [5.74, 6) is 1.09. The predicted octanol–water partition coefficient (Wildman–Crippen LogP) is 4.82. The van der Waals surface area contributed by atoms with Crippen LogP contribution < -0.4 is 0 Å². The molecule has 0 fully saturated rings. The molecule has 4 aliphatic carbocycles. The van der Waals surface area contributed by atoms with Gasteiger partial charge in [0.15, 0.2) is 0 Å². The summed E-state index contributed by atoms with van der Waals surface area (Å²) >= 11 is 0. The van der Waals surface area contributed by atoms with Crippen LogP contribution in [0.15, 0.2) is 82.0 Å². The van der Waals surface area contributed by atoms with Gasteiger partial charge in [-0.05, 0) is 45.8 Å². The molecule has 1 atom stereocenters. The quantitative estimate of drug-likeness (QED) is 0.622. The average Bonchev–Trinajstić information content (AvgIpc) is 2.44. The summed E-state index contributed by atoms with van der Waals surface area (Å²) in [7, 11) is 0.